The Labute approximate surface area is 119 Å². The third kappa shape index (κ3) is 2.97. The number of nitrogens with zero attached hydrogens (tertiary/aromatic N) is 3. The summed E-state index contributed by atoms with van der Waals surface area (Å²) < 4.78 is 3.14. The van der Waals surface area contributed by atoms with E-state index in [1.54, 1.807) is 11.3 Å². The molecule has 0 unspecified atom stereocenters. The molecule has 0 N–H and O–H groups in total. The Morgan fingerprint density at radius 1 is 1.22 bits per heavy atom. The number of thiazole rings is 1. The highest BCUT2D eigenvalue weighted by Gasteiger charge is 2.04. The first-order chi connectivity index (χ1) is 8.58. The molecule has 0 fully saturated rings. The van der Waals surface area contributed by atoms with Gasteiger partial charge in [0.25, 0.3) is 0 Å². The van der Waals surface area contributed by atoms with Crippen LogP contribution in [0.25, 0.3) is 11.3 Å². The molecule has 0 saturated heterocycles. The van der Waals surface area contributed by atoms with E-state index in [4.69, 9.17) is 0 Å². The van der Waals surface area contributed by atoms with Crippen LogP contribution in [0.4, 0.5) is 0 Å². The highest BCUT2D eigenvalue weighted by molar-refractivity contribution is 9.10. The molecule has 0 saturated carbocycles. The Morgan fingerprint density at radius 3 is 2.50 bits per heavy atom. The van der Waals surface area contributed by atoms with E-state index in [2.05, 4.69) is 48.2 Å². The quantitative estimate of drug-likeness (QED) is 0.594. The Morgan fingerprint density at radius 2 is 1.89 bits per heavy atom. The number of aromatic nitrogens is 1. The second kappa shape index (κ2) is 5.63. The molecule has 0 radical (unpaired) electrons. The molecule has 1 aromatic carbocycles. The van der Waals surface area contributed by atoms with E-state index < -0.39 is 0 Å². The monoisotopic (exact) mass is 323 g/mol. The van der Waals surface area contributed by atoms with Crippen molar-refractivity contribution >= 4 is 33.0 Å². The van der Waals surface area contributed by atoms with Gasteiger partial charge in [0.2, 0.25) is 4.80 Å². The van der Waals surface area contributed by atoms with Crippen LogP contribution in [0.2, 0.25) is 0 Å². The molecule has 0 aliphatic carbocycles. The minimum absolute atomic E-state index is 0.897. The number of hydrogen-bond donors (Lipinski definition) is 0. The summed E-state index contributed by atoms with van der Waals surface area (Å²) in [4.78, 5) is 0.897. The standard InChI is InChI=1S/C13H14BrN3S/c1-9(2)15-16-13-17(3)12(8-18-13)10-4-6-11(14)7-5-10/h4-8H,1-3H3/b16-13-. The van der Waals surface area contributed by atoms with Gasteiger partial charge < -0.3 is 4.57 Å². The van der Waals surface area contributed by atoms with Gasteiger partial charge in [-0.25, -0.2) is 0 Å². The SMILES string of the molecule is CC(C)=N/N=c1\scc(-c2ccc(Br)cc2)n1C. The molecule has 18 heavy (non-hydrogen) atoms. The van der Waals surface area contributed by atoms with Gasteiger partial charge in [0.1, 0.15) is 0 Å². The highest BCUT2D eigenvalue weighted by atomic mass is 79.9. The smallest absolute Gasteiger partial charge is 0.210 e. The van der Waals surface area contributed by atoms with Crippen molar-refractivity contribution in [1.29, 1.82) is 0 Å². The van der Waals surface area contributed by atoms with Crippen molar-refractivity contribution < 1.29 is 0 Å². The molecule has 94 valence electrons. The first kappa shape index (κ1) is 13.2. The van der Waals surface area contributed by atoms with Gasteiger partial charge in [-0.1, -0.05) is 28.1 Å². The van der Waals surface area contributed by atoms with Gasteiger partial charge in [-0.3, -0.25) is 0 Å². The summed E-state index contributed by atoms with van der Waals surface area (Å²) in [5.41, 5.74) is 3.28. The average Bonchev–Trinajstić information content (AvgIpc) is 2.69. The van der Waals surface area contributed by atoms with Crippen LogP contribution in [-0.4, -0.2) is 10.3 Å². The fourth-order valence-electron chi connectivity index (χ4n) is 1.49. The molecule has 2 aromatic rings. The van der Waals surface area contributed by atoms with Crippen LogP contribution in [0.5, 0.6) is 0 Å². The molecule has 0 aliphatic rings. The van der Waals surface area contributed by atoms with E-state index >= 15 is 0 Å². The van der Waals surface area contributed by atoms with Crippen molar-refractivity contribution in [2.45, 2.75) is 13.8 Å². The van der Waals surface area contributed by atoms with E-state index in [0.29, 0.717) is 0 Å². The maximum Gasteiger partial charge on any atom is 0.210 e. The lowest BCUT2D eigenvalue weighted by Crippen LogP contribution is -2.10. The van der Waals surface area contributed by atoms with Crippen LogP contribution < -0.4 is 4.80 Å². The second-order valence-corrected chi connectivity index (χ2v) is 5.87. The van der Waals surface area contributed by atoms with Crippen molar-refractivity contribution in [3.63, 3.8) is 0 Å². The number of hydrogen-bond acceptors (Lipinski definition) is 3. The molecule has 3 nitrogen and oxygen atoms in total. The highest BCUT2D eigenvalue weighted by Crippen LogP contribution is 2.21. The number of halogens is 1. The molecule has 1 heterocycles. The summed E-state index contributed by atoms with van der Waals surface area (Å²) in [6.45, 7) is 3.87. The van der Waals surface area contributed by atoms with Gasteiger partial charge in [-0.2, -0.15) is 5.10 Å². The van der Waals surface area contributed by atoms with E-state index in [-0.39, 0.29) is 0 Å². The predicted octanol–water partition coefficient (Wildman–Crippen LogP) is 3.81. The van der Waals surface area contributed by atoms with Gasteiger partial charge in [0, 0.05) is 22.6 Å². The molecule has 0 amide bonds. The Hall–Kier alpha value is -1.20. The molecular weight excluding hydrogens is 310 g/mol. The lowest BCUT2D eigenvalue weighted by Gasteiger charge is -2.02. The van der Waals surface area contributed by atoms with Gasteiger partial charge in [0.15, 0.2) is 0 Å². The van der Waals surface area contributed by atoms with Gasteiger partial charge >= 0.3 is 0 Å². The van der Waals surface area contributed by atoms with Crippen molar-refractivity contribution in [1.82, 2.24) is 4.57 Å². The van der Waals surface area contributed by atoms with Gasteiger partial charge in [-0.05, 0) is 31.5 Å². The maximum absolute atomic E-state index is 4.23. The Kier molecular flexibility index (Phi) is 4.14. The lowest BCUT2D eigenvalue weighted by atomic mass is 10.2. The van der Waals surface area contributed by atoms with Crippen molar-refractivity contribution in [2.75, 3.05) is 0 Å². The number of benzene rings is 1. The molecule has 1 aromatic heterocycles. The van der Waals surface area contributed by atoms with E-state index in [1.807, 2.05) is 33.0 Å². The predicted molar refractivity (Wildman–Crippen MR) is 80.8 cm³/mol. The van der Waals surface area contributed by atoms with Gasteiger partial charge in [-0.15, -0.1) is 16.4 Å². The van der Waals surface area contributed by atoms with Crippen molar-refractivity contribution in [2.24, 2.45) is 17.3 Å². The van der Waals surface area contributed by atoms with E-state index in [0.717, 1.165) is 20.7 Å². The fourth-order valence-corrected chi connectivity index (χ4v) is 2.61. The molecular formula is C13H14BrN3S. The normalized spacial score (nSPS) is 11.7. The molecule has 0 spiro atoms. The third-order valence-electron chi connectivity index (χ3n) is 2.40. The summed E-state index contributed by atoms with van der Waals surface area (Å²) in [5, 5.41) is 10.4. The van der Waals surface area contributed by atoms with Crippen molar-refractivity contribution in [3.05, 3.63) is 38.9 Å². The zero-order valence-corrected chi connectivity index (χ0v) is 12.9. The minimum Gasteiger partial charge on any atom is -0.318 e. The van der Waals surface area contributed by atoms with Crippen LogP contribution in [0.15, 0.2) is 44.3 Å². The molecule has 0 bridgehead atoms. The summed E-state index contributed by atoms with van der Waals surface area (Å²) in [5.74, 6) is 0. The summed E-state index contributed by atoms with van der Waals surface area (Å²) in [6.07, 6.45) is 0. The first-order valence-corrected chi connectivity index (χ1v) is 7.20. The van der Waals surface area contributed by atoms with Crippen LogP contribution >= 0.6 is 27.3 Å². The fraction of sp³-hybridized carbons (Fsp3) is 0.231. The Bertz CT molecular complexity index is 631. The van der Waals surface area contributed by atoms with E-state index in [1.165, 1.54) is 5.56 Å². The lowest BCUT2D eigenvalue weighted by molar-refractivity contribution is 0.862. The second-order valence-electron chi connectivity index (χ2n) is 4.12. The molecule has 2 rings (SSSR count). The third-order valence-corrected chi connectivity index (χ3v) is 3.84. The topological polar surface area (TPSA) is 29.6 Å². The van der Waals surface area contributed by atoms with E-state index in [9.17, 15) is 0 Å². The average molecular weight is 324 g/mol. The minimum atomic E-state index is 0.897. The summed E-state index contributed by atoms with van der Waals surface area (Å²) in [6, 6.07) is 8.25. The Balaban J connectivity index is 2.46. The van der Waals surface area contributed by atoms with Crippen LogP contribution in [0.3, 0.4) is 0 Å². The summed E-state index contributed by atoms with van der Waals surface area (Å²) in [7, 11) is 2.01. The summed E-state index contributed by atoms with van der Waals surface area (Å²) >= 11 is 5.04. The molecule has 0 atom stereocenters. The maximum atomic E-state index is 4.23. The number of rotatable bonds is 2. The van der Waals surface area contributed by atoms with Gasteiger partial charge in [0.05, 0.1) is 5.69 Å². The molecule has 5 heteroatoms. The van der Waals surface area contributed by atoms with Crippen LogP contribution in [-0.2, 0) is 7.05 Å². The first-order valence-electron chi connectivity index (χ1n) is 5.53. The zero-order chi connectivity index (χ0) is 13.1. The molecule has 0 aliphatic heterocycles. The van der Waals surface area contributed by atoms with Crippen LogP contribution in [0, 0.1) is 0 Å². The van der Waals surface area contributed by atoms with Crippen LogP contribution in [0.1, 0.15) is 13.8 Å². The largest absolute Gasteiger partial charge is 0.318 e. The zero-order valence-electron chi connectivity index (χ0n) is 10.5. The van der Waals surface area contributed by atoms with Crippen molar-refractivity contribution in [3.8, 4) is 11.3 Å².